The van der Waals surface area contributed by atoms with Crippen LogP contribution < -0.4 is 0 Å². The van der Waals surface area contributed by atoms with E-state index in [1.807, 2.05) is 24.3 Å². The highest BCUT2D eigenvalue weighted by Crippen LogP contribution is 2.41. The molecule has 0 atom stereocenters. The van der Waals surface area contributed by atoms with Gasteiger partial charge in [0.25, 0.3) is 0 Å². The fraction of sp³-hybridized carbons (Fsp3) is 0.0513. The molecule has 44 heavy (non-hydrogen) atoms. The van der Waals surface area contributed by atoms with Crippen molar-refractivity contribution in [3.8, 4) is 28.6 Å². The lowest BCUT2D eigenvalue weighted by molar-refractivity contribution is 0.589. The first-order chi connectivity index (χ1) is 21.4. The third kappa shape index (κ3) is 3.71. The molecule has 0 saturated carbocycles. The normalized spacial score (nSPS) is 11.6. The smallest absolute Gasteiger partial charge is 0.134 e. The zero-order chi connectivity index (χ0) is 30.1. The van der Waals surface area contributed by atoms with Gasteiger partial charge in [-0.1, -0.05) is 66.7 Å². The average molecular weight is 574 g/mol. The number of para-hydroxylation sites is 2. The number of aromatic nitrogens is 2. The van der Waals surface area contributed by atoms with Crippen LogP contribution in [0, 0.1) is 36.8 Å². The van der Waals surface area contributed by atoms with Crippen molar-refractivity contribution in [1.82, 2.24) is 9.13 Å². The zero-order valence-electron chi connectivity index (χ0n) is 24.1. The zero-order valence-corrected chi connectivity index (χ0v) is 24.1. The number of nitriles is 1. The minimum absolute atomic E-state index is 0.184. The van der Waals surface area contributed by atoms with Crippen LogP contribution in [0.1, 0.15) is 16.7 Å². The van der Waals surface area contributed by atoms with Gasteiger partial charge >= 0.3 is 0 Å². The van der Waals surface area contributed by atoms with Gasteiger partial charge in [0.2, 0.25) is 0 Å². The average Bonchev–Trinajstić information content (AvgIpc) is 3.52. The summed E-state index contributed by atoms with van der Waals surface area (Å²) in [4.78, 5) is 0. The Bertz CT molecular complexity index is 2490. The van der Waals surface area contributed by atoms with Gasteiger partial charge in [-0.05, 0) is 73.5 Å². The molecular formula is C39H25F2N3. The van der Waals surface area contributed by atoms with E-state index in [1.54, 1.807) is 12.1 Å². The molecule has 0 spiro atoms. The molecular weight excluding hydrogens is 548 g/mol. The summed E-state index contributed by atoms with van der Waals surface area (Å²) < 4.78 is 35.0. The van der Waals surface area contributed by atoms with Crippen LogP contribution >= 0.6 is 0 Å². The third-order valence-corrected chi connectivity index (χ3v) is 8.61. The van der Waals surface area contributed by atoms with Gasteiger partial charge in [0, 0.05) is 27.1 Å². The van der Waals surface area contributed by atoms with Gasteiger partial charge in [-0.25, -0.2) is 8.78 Å². The lowest BCUT2D eigenvalue weighted by atomic mass is 9.97. The number of nitrogens with zero attached hydrogens (tertiary/aromatic N) is 3. The molecule has 0 amide bonds. The summed E-state index contributed by atoms with van der Waals surface area (Å²) in [5.41, 5.74) is 7.69. The molecule has 0 N–H and O–H groups in total. The third-order valence-electron chi connectivity index (χ3n) is 8.61. The van der Waals surface area contributed by atoms with E-state index < -0.39 is 11.6 Å². The molecule has 6 aromatic carbocycles. The quantitative estimate of drug-likeness (QED) is 0.207. The fourth-order valence-electron chi connectivity index (χ4n) is 6.67. The number of halogens is 2. The van der Waals surface area contributed by atoms with Gasteiger partial charge in [0.1, 0.15) is 11.6 Å². The number of fused-ring (bicyclic) bond motifs is 6. The molecule has 0 unspecified atom stereocenters. The molecule has 2 aromatic heterocycles. The SMILES string of the molecule is Cc1ccc2c3ccccc3n(-c3cc(C#N)c(-c4c(F)cccc4F)cc3-n3c4ccccc4c4ccc(C)cc43)c2c1. The summed E-state index contributed by atoms with van der Waals surface area (Å²) in [6.45, 7) is 4.11. The summed E-state index contributed by atoms with van der Waals surface area (Å²) >= 11 is 0. The molecule has 0 aliphatic rings. The first-order valence-electron chi connectivity index (χ1n) is 14.5. The first kappa shape index (κ1) is 25.9. The fourth-order valence-corrected chi connectivity index (χ4v) is 6.67. The maximum absolute atomic E-state index is 15.4. The number of aryl methyl sites for hydroxylation is 2. The Morgan fingerprint density at radius 2 is 1.00 bits per heavy atom. The van der Waals surface area contributed by atoms with Crippen LogP contribution in [0.2, 0.25) is 0 Å². The van der Waals surface area contributed by atoms with Crippen molar-refractivity contribution >= 4 is 43.6 Å². The second kappa shape index (κ2) is 9.65. The Morgan fingerprint density at radius 3 is 1.52 bits per heavy atom. The lowest BCUT2D eigenvalue weighted by Gasteiger charge is -2.20. The Morgan fingerprint density at radius 1 is 0.523 bits per heavy atom. The molecule has 8 aromatic rings. The number of hydrogen-bond acceptors (Lipinski definition) is 1. The van der Waals surface area contributed by atoms with E-state index in [0.717, 1.165) is 60.4 Å². The van der Waals surface area contributed by atoms with E-state index in [0.29, 0.717) is 5.69 Å². The highest BCUT2D eigenvalue weighted by Gasteiger charge is 2.24. The minimum Gasteiger partial charge on any atom is -0.307 e. The Hall–Kier alpha value is -5.73. The molecule has 0 saturated heterocycles. The predicted octanol–water partition coefficient (Wildman–Crippen LogP) is 10.3. The van der Waals surface area contributed by atoms with Crippen LogP contribution in [0.25, 0.3) is 66.1 Å². The highest BCUT2D eigenvalue weighted by atomic mass is 19.1. The van der Waals surface area contributed by atoms with Gasteiger partial charge in [-0.3, -0.25) is 0 Å². The van der Waals surface area contributed by atoms with Gasteiger partial charge in [-0.15, -0.1) is 0 Å². The van der Waals surface area contributed by atoms with Gasteiger partial charge in [0.15, 0.2) is 0 Å². The van der Waals surface area contributed by atoms with Crippen molar-refractivity contribution < 1.29 is 8.78 Å². The number of benzene rings is 6. The molecule has 3 nitrogen and oxygen atoms in total. The summed E-state index contributed by atoms with van der Waals surface area (Å²) in [5.74, 6) is -1.43. The van der Waals surface area contributed by atoms with Crippen LogP contribution in [0.4, 0.5) is 8.78 Å². The molecule has 0 aliphatic heterocycles. The van der Waals surface area contributed by atoms with Crippen LogP contribution in [-0.2, 0) is 0 Å². The number of hydrogen-bond donors (Lipinski definition) is 0. The highest BCUT2D eigenvalue weighted by molar-refractivity contribution is 6.12. The van der Waals surface area contributed by atoms with Crippen molar-refractivity contribution in [1.29, 1.82) is 5.26 Å². The maximum atomic E-state index is 15.4. The van der Waals surface area contributed by atoms with Crippen LogP contribution in [0.15, 0.2) is 115 Å². The molecule has 210 valence electrons. The van der Waals surface area contributed by atoms with E-state index >= 15 is 8.78 Å². The van der Waals surface area contributed by atoms with Crippen molar-refractivity contribution in [2.24, 2.45) is 0 Å². The summed E-state index contributed by atoms with van der Waals surface area (Å²) in [6.07, 6.45) is 0. The van der Waals surface area contributed by atoms with E-state index in [1.165, 1.54) is 18.2 Å². The predicted molar refractivity (Wildman–Crippen MR) is 175 cm³/mol. The van der Waals surface area contributed by atoms with Crippen molar-refractivity contribution in [3.05, 3.63) is 144 Å². The monoisotopic (exact) mass is 573 g/mol. The van der Waals surface area contributed by atoms with Crippen LogP contribution in [0.5, 0.6) is 0 Å². The van der Waals surface area contributed by atoms with Crippen molar-refractivity contribution in [2.45, 2.75) is 13.8 Å². The standard InChI is InChI=1S/C39H25F2N3/c1-23-14-16-28-26-8-3-5-12-33(26)43(35(28)18-23)37-20-25(22-42)30(39-31(40)10-7-11-32(39)41)21-38(37)44-34-13-6-4-9-27(34)29-17-15-24(2)19-36(29)44/h3-21H,1-2H3. The number of rotatable bonds is 3. The largest absolute Gasteiger partial charge is 0.307 e. The summed E-state index contributed by atoms with van der Waals surface area (Å²) in [6, 6.07) is 38.7. The van der Waals surface area contributed by atoms with Crippen molar-refractivity contribution in [2.75, 3.05) is 0 Å². The van der Waals surface area contributed by atoms with Crippen LogP contribution in [0.3, 0.4) is 0 Å². The van der Waals surface area contributed by atoms with Gasteiger partial charge in [-0.2, -0.15) is 5.26 Å². The van der Waals surface area contributed by atoms with Crippen LogP contribution in [-0.4, -0.2) is 9.13 Å². The Kier molecular flexibility index (Phi) is 5.69. The second-order valence-electron chi connectivity index (χ2n) is 11.3. The van der Waals surface area contributed by atoms with Gasteiger partial charge < -0.3 is 9.13 Å². The molecule has 0 fully saturated rings. The van der Waals surface area contributed by atoms with E-state index in [4.69, 9.17) is 0 Å². The molecule has 5 heteroatoms. The Balaban J connectivity index is 1.61. The maximum Gasteiger partial charge on any atom is 0.134 e. The van der Waals surface area contributed by atoms with E-state index in [9.17, 15) is 5.26 Å². The summed E-state index contributed by atoms with van der Waals surface area (Å²) in [7, 11) is 0. The molecule has 0 aliphatic carbocycles. The van der Waals surface area contributed by atoms with Gasteiger partial charge in [0.05, 0.1) is 50.6 Å². The molecule has 0 bridgehead atoms. The summed E-state index contributed by atoms with van der Waals surface area (Å²) in [5, 5.41) is 14.7. The minimum atomic E-state index is -0.717. The molecule has 8 rings (SSSR count). The van der Waals surface area contributed by atoms with E-state index in [2.05, 4.69) is 89.7 Å². The molecule has 2 heterocycles. The second-order valence-corrected chi connectivity index (χ2v) is 11.3. The molecule has 0 radical (unpaired) electrons. The Labute approximate surface area is 252 Å². The van der Waals surface area contributed by atoms with E-state index in [-0.39, 0.29) is 16.7 Å². The first-order valence-corrected chi connectivity index (χ1v) is 14.5. The topological polar surface area (TPSA) is 33.6 Å². The van der Waals surface area contributed by atoms with Crippen molar-refractivity contribution in [3.63, 3.8) is 0 Å². The lowest BCUT2D eigenvalue weighted by Crippen LogP contribution is -2.06.